The molecule has 1 atom stereocenters. The molecule has 0 fully saturated rings. The summed E-state index contributed by atoms with van der Waals surface area (Å²) >= 11 is 0. The molecule has 1 aliphatic carbocycles. The van der Waals surface area contributed by atoms with Crippen LogP contribution in [-0.2, 0) is 0 Å². The van der Waals surface area contributed by atoms with E-state index in [9.17, 15) is 5.11 Å². The number of hydrogen-bond donors (Lipinski definition) is 1. The van der Waals surface area contributed by atoms with Crippen molar-refractivity contribution in [3.05, 3.63) is 11.8 Å². The van der Waals surface area contributed by atoms with E-state index >= 15 is 0 Å². The number of allylic oxidation sites excluding steroid dienone is 1. The van der Waals surface area contributed by atoms with Crippen LogP contribution in [0.3, 0.4) is 0 Å². The lowest BCUT2D eigenvalue weighted by Gasteiger charge is -2.26. The van der Waals surface area contributed by atoms with Crippen molar-refractivity contribution in [3.8, 4) is 0 Å². The predicted molar refractivity (Wildman–Crippen MR) is 55.8 cm³/mol. The molecule has 0 heterocycles. The fraction of sp³-hybridized carbons (Fsp3) is 0.818. The lowest BCUT2D eigenvalue weighted by atomic mass is 9.93. The second kappa shape index (κ2) is 5.28. The van der Waals surface area contributed by atoms with Crippen molar-refractivity contribution in [2.75, 3.05) is 19.6 Å². The molecule has 76 valence electrons. The molecule has 1 aliphatic rings. The quantitative estimate of drug-likeness (QED) is 0.724. The molecule has 2 nitrogen and oxygen atoms in total. The maximum atomic E-state index is 9.64. The molecule has 0 bridgehead atoms. The molecular weight excluding hydrogens is 162 g/mol. The van der Waals surface area contributed by atoms with E-state index in [1.807, 2.05) is 6.08 Å². The highest BCUT2D eigenvalue weighted by Gasteiger charge is 2.18. The zero-order chi connectivity index (χ0) is 9.68. The van der Waals surface area contributed by atoms with Gasteiger partial charge >= 0.3 is 0 Å². The lowest BCUT2D eigenvalue weighted by molar-refractivity contribution is 0.210. The summed E-state index contributed by atoms with van der Waals surface area (Å²) in [4.78, 5) is 2.38. The van der Waals surface area contributed by atoms with Crippen molar-refractivity contribution in [3.63, 3.8) is 0 Å². The van der Waals surface area contributed by atoms with Crippen LogP contribution in [0.2, 0.25) is 0 Å². The normalized spacial score (nSPS) is 23.3. The van der Waals surface area contributed by atoms with Gasteiger partial charge in [0.15, 0.2) is 0 Å². The highest BCUT2D eigenvalue weighted by Crippen LogP contribution is 2.23. The van der Waals surface area contributed by atoms with Gasteiger partial charge in [-0.25, -0.2) is 0 Å². The van der Waals surface area contributed by atoms with Gasteiger partial charge in [-0.15, -0.1) is 0 Å². The van der Waals surface area contributed by atoms with Gasteiger partial charge in [0.05, 0.1) is 5.76 Å². The fourth-order valence-electron chi connectivity index (χ4n) is 1.91. The molecule has 0 aliphatic heterocycles. The summed E-state index contributed by atoms with van der Waals surface area (Å²) in [5.74, 6) is 1.02. The number of aliphatic hydroxyl groups excluding tert-OH is 1. The summed E-state index contributed by atoms with van der Waals surface area (Å²) in [5, 5.41) is 9.64. The van der Waals surface area contributed by atoms with Crippen LogP contribution in [0.25, 0.3) is 0 Å². The first-order chi connectivity index (χ1) is 6.27. The summed E-state index contributed by atoms with van der Waals surface area (Å²) in [6.45, 7) is 7.54. The van der Waals surface area contributed by atoms with Crippen molar-refractivity contribution >= 4 is 0 Å². The SMILES string of the molecule is CCN(CC)CC1CCCC=C1O. The van der Waals surface area contributed by atoms with Gasteiger partial charge in [0, 0.05) is 12.5 Å². The number of aliphatic hydroxyl groups is 1. The topological polar surface area (TPSA) is 23.5 Å². The third-order valence-corrected chi connectivity index (χ3v) is 2.90. The maximum Gasteiger partial charge on any atom is 0.0926 e. The van der Waals surface area contributed by atoms with E-state index < -0.39 is 0 Å². The fourth-order valence-corrected chi connectivity index (χ4v) is 1.91. The van der Waals surface area contributed by atoms with Crippen LogP contribution in [0.5, 0.6) is 0 Å². The van der Waals surface area contributed by atoms with Gasteiger partial charge in [0.1, 0.15) is 0 Å². The standard InChI is InChI=1S/C11H21NO/c1-3-12(4-2)9-10-7-5-6-8-11(10)13/h8,10,13H,3-7,9H2,1-2H3. The van der Waals surface area contributed by atoms with Crippen molar-refractivity contribution in [2.24, 2.45) is 5.92 Å². The first kappa shape index (κ1) is 10.6. The minimum Gasteiger partial charge on any atom is -0.512 e. The van der Waals surface area contributed by atoms with Crippen LogP contribution in [0, 0.1) is 5.92 Å². The van der Waals surface area contributed by atoms with Gasteiger partial charge in [0.25, 0.3) is 0 Å². The number of nitrogens with zero attached hydrogens (tertiary/aromatic N) is 1. The summed E-state index contributed by atoms with van der Waals surface area (Å²) < 4.78 is 0. The van der Waals surface area contributed by atoms with E-state index in [-0.39, 0.29) is 0 Å². The molecule has 0 aromatic heterocycles. The third kappa shape index (κ3) is 3.03. The minimum absolute atomic E-state index is 0.397. The predicted octanol–water partition coefficient (Wildman–Crippen LogP) is 2.57. The highest BCUT2D eigenvalue weighted by atomic mass is 16.3. The molecule has 1 rings (SSSR count). The Hall–Kier alpha value is -0.500. The summed E-state index contributed by atoms with van der Waals surface area (Å²) in [7, 11) is 0. The smallest absolute Gasteiger partial charge is 0.0926 e. The van der Waals surface area contributed by atoms with Gasteiger partial charge in [-0.3, -0.25) is 0 Å². The molecule has 0 saturated carbocycles. The molecular formula is C11H21NO. The molecule has 0 amide bonds. The van der Waals surface area contributed by atoms with Crippen LogP contribution in [0.1, 0.15) is 33.1 Å². The molecule has 0 aromatic carbocycles. The highest BCUT2D eigenvalue weighted by molar-refractivity contribution is 5.01. The Morgan fingerprint density at radius 3 is 2.69 bits per heavy atom. The van der Waals surface area contributed by atoms with Crippen molar-refractivity contribution < 1.29 is 5.11 Å². The minimum atomic E-state index is 0.397. The lowest BCUT2D eigenvalue weighted by Crippen LogP contribution is -2.30. The monoisotopic (exact) mass is 183 g/mol. The Bertz CT molecular complexity index is 173. The van der Waals surface area contributed by atoms with Crippen LogP contribution in [0.4, 0.5) is 0 Å². The van der Waals surface area contributed by atoms with E-state index in [1.165, 1.54) is 6.42 Å². The van der Waals surface area contributed by atoms with E-state index in [2.05, 4.69) is 18.7 Å². The van der Waals surface area contributed by atoms with Crippen LogP contribution < -0.4 is 0 Å². The second-order valence-corrected chi connectivity index (χ2v) is 3.74. The number of rotatable bonds is 4. The number of hydrogen-bond acceptors (Lipinski definition) is 2. The van der Waals surface area contributed by atoms with Crippen LogP contribution >= 0.6 is 0 Å². The molecule has 0 spiro atoms. The summed E-state index contributed by atoms with van der Waals surface area (Å²) in [6, 6.07) is 0. The van der Waals surface area contributed by atoms with Crippen molar-refractivity contribution in [1.82, 2.24) is 4.90 Å². The molecule has 2 heteroatoms. The van der Waals surface area contributed by atoms with E-state index in [4.69, 9.17) is 0 Å². The van der Waals surface area contributed by atoms with Gasteiger partial charge in [-0.05, 0) is 38.4 Å². The van der Waals surface area contributed by atoms with E-state index in [0.717, 1.165) is 32.5 Å². The Morgan fingerprint density at radius 2 is 2.15 bits per heavy atom. The zero-order valence-electron chi connectivity index (χ0n) is 8.79. The van der Waals surface area contributed by atoms with Crippen LogP contribution in [0.15, 0.2) is 11.8 Å². The average molecular weight is 183 g/mol. The summed E-state index contributed by atoms with van der Waals surface area (Å²) in [6.07, 6.45) is 5.42. The van der Waals surface area contributed by atoms with Gasteiger partial charge < -0.3 is 10.0 Å². The maximum absolute atomic E-state index is 9.64. The Balaban J connectivity index is 2.42. The molecule has 1 unspecified atom stereocenters. The first-order valence-electron chi connectivity index (χ1n) is 5.39. The van der Waals surface area contributed by atoms with Crippen molar-refractivity contribution in [2.45, 2.75) is 33.1 Å². The third-order valence-electron chi connectivity index (χ3n) is 2.90. The molecule has 1 N–H and O–H groups in total. The first-order valence-corrected chi connectivity index (χ1v) is 5.39. The molecule has 0 radical (unpaired) electrons. The van der Waals surface area contributed by atoms with Gasteiger partial charge in [0.2, 0.25) is 0 Å². The Kier molecular flexibility index (Phi) is 4.29. The average Bonchev–Trinajstić information content (AvgIpc) is 2.17. The van der Waals surface area contributed by atoms with Gasteiger partial charge in [-0.1, -0.05) is 13.8 Å². The molecule has 0 saturated heterocycles. The largest absolute Gasteiger partial charge is 0.512 e. The second-order valence-electron chi connectivity index (χ2n) is 3.74. The van der Waals surface area contributed by atoms with Crippen molar-refractivity contribution in [1.29, 1.82) is 0 Å². The Morgan fingerprint density at radius 1 is 1.46 bits per heavy atom. The molecule has 13 heavy (non-hydrogen) atoms. The van der Waals surface area contributed by atoms with E-state index in [0.29, 0.717) is 11.7 Å². The van der Waals surface area contributed by atoms with Crippen LogP contribution in [-0.4, -0.2) is 29.6 Å². The molecule has 0 aromatic rings. The Labute approximate surface area is 81.2 Å². The van der Waals surface area contributed by atoms with E-state index in [1.54, 1.807) is 0 Å². The van der Waals surface area contributed by atoms with Gasteiger partial charge in [-0.2, -0.15) is 0 Å². The zero-order valence-corrected chi connectivity index (χ0v) is 8.79. The summed E-state index contributed by atoms with van der Waals surface area (Å²) in [5.41, 5.74) is 0.